The quantitative estimate of drug-likeness (QED) is 0.529. The van der Waals surface area contributed by atoms with E-state index in [2.05, 4.69) is 25.2 Å². The van der Waals surface area contributed by atoms with E-state index in [9.17, 15) is 18.0 Å². The van der Waals surface area contributed by atoms with Crippen LogP contribution in [0.3, 0.4) is 0 Å². The molecule has 1 atom stereocenters. The van der Waals surface area contributed by atoms with E-state index >= 15 is 0 Å². The first-order valence-corrected chi connectivity index (χ1v) is 11.1. The number of methoxy groups -OCH3 is 1. The van der Waals surface area contributed by atoms with Gasteiger partial charge in [0.2, 0.25) is 0 Å². The van der Waals surface area contributed by atoms with Crippen LogP contribution >= 0.6 is 15.9 Å². The monoisotopic (exact) mass is 505 g/mol. The zero-order valence-corrected chi connectivity index (χ0v) is 20.3. The minimum Gasteiger partial charge on any atom is -0.382 e. The van der Waals surface area contributed by atoms with E-state index in [1.807, 2.05) is 46.0 Å². The fourth-order valence-corrected chi connectivity index (χ4v) is 4.15. The van der Waals surface area contributed by atoms with Gasteiger partial charge in [0.05, 0.1) is 18.2 Å². The lowest BCUT2D eigenvalue weighted by Crippen LogP contribution is -2.49. The van der Waals surface area contributed by atoms with Crippen molar-refractivity contribution in [3.05, 3.63) is 39.6 Å². The molecular weight excluding hydrogens is 475 g/mol. The van der Waals surface area contributed by atoms with E-state index in [-0.39, 0.29) is 6.04 Å². The maximum absolute atomic E-state index is 12.6. The molecule has 0 amide bonds. The zero-order chi connectivity index (χ0) is 23.3. The molecule has 5 nitrogen and oxygen atoms in total. The van der Waals surface area contributed by atoms with Crippen LogP contribution in [-0.4, -0.2) is 72.6 Å². The van der Waals surface area contributed by atoms with Crippen LogP contribution < -0.4 is 0 Å². The molecule has 3 heterocycles. The summed E-state index contributed by atoms with van der Waals surface area (Å²) in [7, 11) is 1.70. The van der Waals surface area contributed by atoms with Gasteiger partial charge in [-0.15, -0.1) is 0 Å². The third-order valence-electron chi connectivity index (χ3n) is 5.59. The number of carbonyl (C=O) groups excluding carboxylic acids is 1. The van der Waals surface area contributed by atoms with Gasteiger partial charge in [-0.25, -0.2) is 0 Å². The normalized spacial score (nSPS) is 17.0. The Kier molecular flexibility index (Phi) is 9.12. The summed E-state index contributed by atoms with van der Waals surface area (Å²) in [5.74, 6) is 0. The van der Waals surface area contributed by atoms with Crippen LogP contribution in [-0.2, 0) is 4.74 Å². The van der Waals surface area contributed by atoms with E-state index in [0.717, 1.165) is 27.5 Å². The second-order valence-corrected chi connectivity index (χ2v) is 8.89. The number of alkyl halides is 3. The molecule has 0 aliphatic carbocycles. The molecule has 0 saturated carbocycles. The van der Waals surface area contributed by atoms with Gasteiger partial charge in [0.15, 0.2) is 0 Å². The number of fused-ring (bicyclic) bond motifs is 1. The van der Waals surface area contributed by atoms with Crippen LogP contribution in [0.5, 0.6) is 0 Å². The third kappa shape index (κ3) is 6.78. The van der Waals surface area contributed by atoms with Crippen LogP contribution in [0.1, 0.15) is 48.4 Å². The second kappa shape index (κ2) is 10.9. The van der Waals surface area contributed by atoms with Gasteiger partial charge >= 0.3 is 6.18 Å². The van der Waals surface area contributed by atoms with Crippen LogP contribution in [0.2, 0.25) is 0 Å². The molecule has 0 radical (unpaired) electrons. The van der Waals surface area contributed by atoms with Gasteiger partial charge in [-0.05, 0) is 61.3 Å². The molecule has 9 heteroatoms. The minimum atomic E-state index is -4.16. The number of aldehydes is 1. The van der Waals surface area contributed by atoms with E-state index < -0.39 is 12.7 Å². The first kappa shape index (κ1) is 25.8. The molecule has 1 unspecified atom stereocenters. The van der Waals surface area contributed by atoms with Crippen molar-refractivity contribution in [3.8, 4) is 0 Å². The highest BCUT2D eigenvalue weighted by molar-refractivity contribution is 9.10. The summed E-state index contributed by atoms with van der Waals surface area (Å²) in [5.41, 5.74) is 3.45. The Morgan fingerprint density at radius 1 is 1.19 bits per heavy atom. The fraction of sp³-hybridized carbons (Fsp3) is 0.591. The highest BCUT2D eigenvalue weighted by Crippen LogP contribution is 2.31. The van der Waals surface area contributed by atoms with Crippen molar-refractivity contribution in [3.63, 3.8) is 0 Å². The number of pyridine rings is 1. The maximum Gasteiger partial charge on any atom is 0.401 e. The summed E-state index contributed by atoms with van der Waals surface area (Å²) in [6.45, 7) is 9.00. The summed E-state index contributed by atoms with van der Waals surface area (Å²) in [6.07, 6.45) is -0.972. The number of halogens is 4. The van der Waals surface area contributed by atoms with Gasteiger partial charge in [0, 0.05) is 61.3 Å². The molecule has 31 heavy (non-hydrogen) atoms. The van der Waals surface area contributed by atoms with Crippen LogP contribution in [0.4, 0.5) is 13.2 Å². The summed E-state index contributed by atoms with van der Waals surface area (Å²) in [6, 6.07) is 3.77. The average Bonchev–Trinajstić information content (AvgIpc) is 3.07. The van der Waals surface area contributed by atoms with E-state index in [1.165, 1.54) is 4.90 Å². The molecule has 2 aromatic heterocycles. The van der Waals surface area contributed by atoms with Crippen LogP contribution in [0, 0.1) is 6.92 Å². The molecule has 0 N–H and O–H groups in total. The minimum absolute atomic E-state index is 0.00950. The highest BCUT2D eigenvalue weighted by Gasteiger charge is 2.33. The molecule has 1 aliphatic heterocycles. The van der Waals surface area contributed by atoms with Crippen LogP contribution in [0.25, 0.3) is 5.52 Å². The Hall–Kier alpha value is -1.42. The lowest BCUT2D eigenvalue weighted by atomic mass is 10.0. The zero-order valence-electron chi connectivity index (χ0n) is 18.7. The Balaban J connectivity index is 0.000000614. The van der Waals surface area contributed by atoms with Crippen molar-refractivity contribution in [1.82, 2.24) is 14.2 Å². The standard InChI is InChI=1S/C18H21BrF3N3O.C4H10O/c1-12-14(10-26)9-16-15(19)3-4-25(16)17(12)13(2)24-7-5-23(6-8-24)11-18(20,21)22;1-4(2)5-3/h3-4,9-10,13H,5-8,11H2,1-2H3;4H,1-3H3. The van der Waals surface area contributed by atoms with Crippen molar-refractivity contribution in [1.29, 1.82) is 0 Å². The number of rotatable bonds is 5. The molecule has 3 rings (SSSR count). The van der Waals surface area contributed by atoms with Crippen molar-refractivity contribution < 1.29 is 22.7 Å². The summed E-state index contributed by atoms with van der Waals surface area (Å²) < 4.78 is 45.4. The van der Waals surface area contributed by atoms with Gasteiger partial charge in [0.25, 0.3) is 0 Å². The van der Waals surface area contributed by atoms with Gasteiger partial charge in [0.1, 0.15) is 6.29 Å². The van der Waals surface area contributed by atoms with E-state index in [4.69, 9.17) is 4.74 Å². The summed E-state index contributed by atoms with van der Waals surface area (Å²) in [4.78, 5) is 15.1. The number of hydrogen-bond acceptors (Lipinski definition) is 4. The molecule has 0 bridgehead atoms. The highest BCUT2D eigenvalue weighted by atomic mass is 79.9. The Labute approximate surface area is 190 Å². The molecular formula is C22H31BrF3N3O2. The molecule has 0 aromatic carbocycles. The number of piperazine rings is 1. The van der Waals surface area contributed by atoms with Crippen molar-refractivity contribution in [2.45, 2.75) is 46.0 Å². The van der Waals surface area contributed by atoms with E-state index in [0.29, 0.717) is 37.8 Å². The van der Waals surface area contributed by atoms with Gasteiger partial charge in [-0.1, -0.05) is 0 Å². The van der Waals surface area contributed by atoms with E-state index in [1.54, 1.807) is 7.11 Å². The number of aromatic nitrogens is 1. The second-order valence-electron chi connectivity index (χ2n) is 8.03. The Bertz CT molecular complexity index is 875. The summed E-state index contributed by atoms with van der Waals surface area (Å²) >= 11 is 3.51. The average molecular weight is 506 g/mol. The molecule has 1 saturated heterocycles. The molecule has 174 valence electrons. The first-order valence-electron chi connectivity index (χ1n) is 10.3. The van der Waals surface area contributed by atoms with Crippen molar-refractivity contribution in [2.24, 2.45) is 0 Å². The topological polar surface area (TPSA) is 37.2 Å². The number of ether oxygens (including phenoxy) is 1. The molecule has 1 fully saturated rings. The van der Waals surface area contributed by atoms with Gasteiger partial charge < -0.3 is 9.14 Å². The third-order valence-corrected chi connectivity index (χ3v) is 6.27. The van der Waals surface area contributed by atoms with Gasteiger partial charge in [-0.3, -0.25) is 14.6 Å². The lowest BCUT2D eigenvalue weighted by Gasteiger charge is -2.39. The number of hydrogen-bond donors (Lipinski definition) is 0. The predicted molar refractivity (Wildman–Crippen MR) is 120 cm³/mol. The first-order chi connectivity index (χ1) is 14.5. The summed E-state index contributed by atoms with van der Waals surface area (Å²) in [5, 5.41) is 0. The molecule has 0 spiro atoms. The van der Waals surface area contributed by atoms with Crippen molar-refractivity contribution in [2.75, 3.05) is 39.8 Å². The molecule has 2 aromatic rings. The largest absolute Gasteiger partial charge is 0.401 e. The fourth-order valence-electron chi connectivity index (χ4n) is 3.73. The Morgan fingerprint density at radius 3 is 2.26 bits per heavy atom. The number of nitrogens with zero attached hydrogens (tertiary/aromatic N) is 3. The predicted octanol–water partition coefficient (Wildman–Crippen LogP) is 5.10. The van der Waals surface area contributed by atoms with Crippen molar-refractivity contribution >= 4 is 27.7 Å². The Morgan fingerprint density at radius 2 is 1.77 bits per heavy atom. The lowest BCUT2D eigenvalue weighted by molar-refractivity contribution is -0.149. The maximum atomic E-state index is 12.6. The SMILES string of the molecule is COC(C)C.Cc1c(C=O)cc2c(Br)ccn2c1C(C)N1CCN(CC(F)(F)F)CC1. The smallest absolute Gasteiger partial charge is 0.382 e. The van der Waals surface area contributed by atoms with Crippen LogP contribution in [0.15, 0.2) is 22.8 Å². The van der Waals surface area contributed by atoms with Gasteiger partial charge in [-0.2, -0.15) is 13.2 Å². The molecule has 1 aliphatic rings. The number of carbonyl (C=O) groups is 1.